The Morgan fingerprint density at radius 1 is 1.26 bits per heavy atom. The van der Waals surface area contributed by atoms with Gasteiger partial charge in [-0.3, -0.25) is 0 Å². The maximum atomic E-state index is 12.7. The van der Waals surface area contributed by atoms with E-state index in [0.717, 1.165) is 11.3 Å². The summed E-state index contributed by atoms with van der Waals surface area (Å²) < 4.78 is 40.4. The molecule has 1 N–H and O–H groups in total. The molecule has 2 rings (SSSR count). The average molecular weight is 342 g/mol. The van der Waals surface area contributed by atoms with Gasteiger partial charge in [-0.15, -0.1) is 0 Å². The van der Waals surface area contributed by atoms with Crippen LogP contribution in [0.1, 0.15) is 38.8 Å². The highest BCUT2D eigenvalue weighted by Crippen LogP contribution is 2.22. The molecule has 23 heavy (non-hydrogen) atoms. The molecule has 3 atom stereocenters. The van der Waals surface area contributed by atoms with Gasteiger partial charge in [-0.2, -0.15) is 17.4 Å². The topological polar surface area (TPSA) is 67.9 Å². The Labute approximate surface area is 139 Å². The van der Waals surface area contributed by atoms with Gasteiger partial charge in [0.15, 0.2) is 0 Å². The van der Waals surface area contributed by atoms with Crippen molar-refractivity contribution in [3.63, 3.8) is 0 Å². The summed E-state index contributed by atoms with van der Waals surface area (Å²) in [6, 6.07) is 7.19. The van der Waals surface area contributed by atoms with Crippen LogP contribution < -0.4 is 9.46 Å². The zero-order valence-electron chi connectivity index (χ0n) is 14.2. The Hall–Kier alpha value is -1.15. The van der Waals surface area contributed by atoms with E-state index >= 15 is 0 Å². The van der Waals surface area contributed by atoms with Gasteiger partial charge in [0.2, 0.25) is 0 Å². The van der Waals surface area contributed by atoms with Crippen molar-refractivity contribution in [2.75, 3.05) is 20.2 Å². The van der Waals surface area contributed by atoms with Crippen molar-refractivity contribution in [1.29, 1.82) is 0 Å². The molecule has 6 nitrogen and oxygen atoms in total. The summed E-state index contributed by atoms with van der Waals surface area (Å²) in [6.07, 6.45) is 0.467. The number of morpholine rings is 1. The Morgan fingerprint density at radius 3 is 2.30 bits per heavy atom. The second-order valence-electron chi connectivity index (χ2n) is 5.93. The summed E-state index contributed by atoms with van der Waals surface area (Å²) in [7, 11) is -1.95. The Morgan fingerprint density at radius 2 is 1.83 bits per heavy atom. The quantitative estimate of drug-likeness (QED) is 0.859. The second kappa shape index (κ2) is 7.61. The van der Waals surface area contributed by atoms with Crippen molar-refractivity contribution in [2.24, 2.45) is 0 Å². The van der Waals surface area contributed by atoms with Gasteiger partial charge in [0, 0.05) is 19.1 Å². The number of ether oxygens (including phenoxy) is 2. The molecule has 0 bridgehead atoms. The molecule has 7 heteroatoms. The number of nitrogens with zero attached hydrogens (tertiary/aromatic N) is 1. The molecule has 1 aromatic rings. The van der Waals surface area contributed by atoms with Gasteiger partial charge < -0.3 is 9.47 Å². The van der Waals surface area contributed by atoms with Crippen LogP contribution in [-0.4, -0.2) is 45.1 Å². The first-order chi connectivity index (χ1) is 10.9. The minimum atomic E-state index is -3.55. The highest BCUT2D eigenvalue weighted by molar-refractivity contribution is 7.87. The van der Waals surface area contributed by atoms with E-state index in [1.165, 1.54) is 4.31 Å². The molecule has 1 fully saturated rings. The molecule has 130 valence electrons. The summed E-state index contributed by atoms with van der Waals surface area (Å²) in [5.41, 5.74) is 0.922. The third-order valence-corrected chi connectivity index (χ3v) is 5.50. The van der Waals surface area contributed by atoms with Crippen molar-refractivity contribution < 1.29 is 17.9 Å². The molecule has 0 amide bonds. The van der Waals surface area contributed by atoms with Gasteiger partial charge in [-0.1, -0.05) is 19.1 Å². The summed E-state index contributed by atoms with van der Waals surface area (Å²) in [5, 5.41) is 0. The molecule has 1 aromatic carbocycles. The Bertz CT molecular complexity index is 593. The molecule has 3 unspecified atom stereocenters. The number of hydrogen-bond donors (Lipinski definition) is 1. The molecule has 1 saturated heterocycles. The standard InChI is InChI=1S/C16H26N2O4S/c1-5-16(14-6-8-15(21-4)9-7-14)17-23(19,20)18-10-12(2)22-13(3)11-18/h6-9,12-13,16-17H,5,10-11H2,1-4H3. The summed E-state index contributed by atoms with van der Waals surface area (Å²) >= 11 is 0. The predicted molar refractivity (Wildman–Crippen MR) is 89.7 cm³/mol. The van der Waals surface area contributed by atoms with Crippen LogP contribution in [0, 0.1) is 0 Å². The third kappa shape index (κ3) is 4.67. The van der Waals surface area contributed by atoms with Crippen LogP contribution in [0.25, 0.3) is 0 Å². The van der Waals surface area contributed by atoms with Crippen LogP contribution in [0.15, 0.2) is 24.3 Å². The first-order valence-electron chi connectivity index (χ1n) is 7.92. The second-order valence-corrected chi connectivity index (χ2v) is 7.63. The maximum absolute atomic E-state index is 12.7. The molecule has 1 heterocycles. The SMILES string of the molecule is CCC(NS(=O)(=O)N1CC(C)OC(C)C1)c1ccc(OC)cc1. The fourth-order valence-electron chi connectivity index (χ4n) is 2.80. The van der Waals surface area contributed by atoms with E-state index in [9.17, 15) is 8.42 Å². The van der Waals surface area contributed by atoms with Gasteiger partial charge in [-0.05, 0) is 38.0 Å². The van der Waals surface area contributed by atoms with E-state index in [1.807, 2.05) is 45.0 Å². The molecular weight excluding hydrogens is 316 g/mol. The highest BCUT2D eigenvalue weighted by Gasteiger charge is 2.32. The number of methoxy groups -OCH3 is 1. The van der Waals surface area contributed by atoms with Crippen LogP contribution in [0.4, 0.5) is 0 Å². The van der Waals surface area contributed by atoms with Gasteiger partial charge in [0.25, 0.3) is 10.2 Å². The first-order valence-corrected chi connectivity index (χ1v) is 9.36. The van der Waals surface area contributed by atoms with E-state index < -0.39 is 10.2 Å². The molecule has 0 aromatic heterocycles. The first kappa shape index (κ1) is 18.2. The predicted octanol–water partition coefficient (Wildman–Crippen LogP) is 2.09. The van der Waals surface area contributed by atoms with Gasteiger partial charge in [0.1, 0.15) is 5.75 Å². The van der Waals surface area contributed by atoms with Crippen LogP contribution in [0.3, 0.4) is 0 Å². The van der Waals surface area contributed by atoms with Crippen LogP contribution >= 0.6 is 0 Å². The molecular formula is C16H26N2O4S. The lowest BCUT2D eigenvalue weighted by atomic mass is 10.1. The average Bonchev–Trinajstić information content (AvgIpc) is 2.52. The Kier molecular flexibility index (Phi) is 6.02. The zero-order valence-corrected chi connectivity index (χ0v) is 15.0. The van der Waals surface area contributed by atoms with Crippen LogP contribution in [-0.2, 0) is 14.9 Å². The van der Waals surface area contributed by atoms with E-state index in [0.29, 0.717) is 19.5 Å². The number of nitrogens with one attached hydrogen (secondary N) is 1. The molecule has 0 radical (unpaired) electrons. The normalized spacial score (nSPS) is 24.3. The lowest BCUT2D eigenvalue weighted by molar-refractivity contribution is -0.0444. The van der Waals surface area contributed by atoms with Gasteiger partial charge in [-0.25, -0.2) is 0 Å². The summed E-state index contributed by atoms with van der Waals surface area (Å²) in [4.78, 5) is 0. The van der Waals surface area contributed by atoms with Gasteiger partial charge in [0.05, 0.1) is 19.3 Å². The van der Waals surface area contributed by atoms with Crippen molar-refractivity contribution in [1.82, 2.24) is 9.03 Å². The minimum Gasteiger partial charge on any atom is -0.497 e. The smallest absolute Gasteiger partial charge is 0.280 e. The molecule has 0 spiro atoms. The van der Waals surface area contributed by atoms with E-state index in [4.69, 9.17) is 9.47 Å². The van der Waals surface area contributed by atoms with Crippen molar-refractivity contribution in [3.8, 4) is 5.75 Å². The summed E-state index contributed by atoms with van der Waals surface area (Å²) in [6.45, 7) is 6.48. The molecule has 0 saturated carbocycles. The Balaban J connectivity index is 2.12. The van der Waals surface area contributed by atoms with Crippen molar-refractivity contribution in [2.45, 2.75) is 45.4 Å². The number of hydrogen-bond acceptors (Lipinski definition) is 4. The van der Waals surface area contributed by atoms with Crippen LogP contribution in [0.2, 0.25) is 0 Å². The van der Waals surface area contributed by atoms with E-state index in [-0.39, 0.29) is 18.2 Å². The largest absolute Gasteiger partial charge is 0.497 e. The fraction of sp³-hybridized carbons (Fsp3) is 0.625. The monoisotopic (exact) mass is 342 g/mol. The lowest BCUT2D eigenvalue weighted by Crippen LogP contribution is -2.52. The van der Waals surface area contributed by atoms with Crippen molar-refractivity contribution in [3.05, 3.63) is 29.8 Å². The van der Waals surface area contributed by atoms with Crippen molar-refractivity contribution >= 4 is 10.2 Å². The molecule has 1 aliphatic heterocycles. The number of rotatable bonds is 6. The maximum Gasteiger partial charge on any atom is 0.280 e. The minimum absolute atomic E-state index is 0.101. The van der Waals surface area contributed by atoms with E-state index in [2.05, 4.69) is 4.72 Å². The summed E-state index contributed by atoms with van der Waals surface area (Å²) in [5.74, 6) is 0.752. The highest BCUT2D eigenvalue weighted by atomic mass is 32.2. The van der Waals surface area contributed by atoms with E-state index in [1.54, 1.807) is 7.11 Å². The van der Waals surface area contributed by atoms with Crippen LogP contribution in [0.5, 0.6) is 5.75 Å². The fourth-order valence-corrected chi connectivity index (χ4v) is 4.43. The molecule has 0 aliphatic carbocycles. The molecule has 1 aliphatic rings. The lowest BCUT2D eigenvalue weighted by Gasteiger charge is -2.35. The van der Waals surface area contributed by atoms with Gasteiger partial charge >= 0.3 is 0 Å². The third-order valence-electron chi connectivity index (χ3n) is 3.94. The number of benzene rings is 1. The zero-order chi connectivity index (χ0) is 17.0.